The second-order valence-corrected chi connectivity index (χ2v) is 6.05. The van der Waals surface area contributed by atoms with Crippen molar-refractivity contribution in [2.24, 2.45) is 0 Å². The van der Waals surface area contributed by atoms with Gasteiger partial charge in [0.2, 0.25) is 0 Å². The summed E-state index contributed by atoms with van der Waals surface area (Å²) in [6.45, 7) is 7.67. The summed E-state index contributed by atoms with van der Waals surface area (Å²) in [7, 11) is 0. The number of rotatable bonds is 3. The van der Waals surface area contributed by atoms with Gasteiger partial charge in [-0.2, -0.15) is 5.10 Å². The van der Waals surface area contributed by atoms with Crippen LogP contribution in [-0.2, 0) is 13.1 Å². The van der Waals surface area contributed by atoms with Crippen molar-refractivity contribution >= 4 is 21.6 Å². The van der Waals surface area contributed by atoms with Crippen LogP contribution < -0.4 is 9.64 Å². The van der Waals surface area contributed by atoms with Gasteiger partial charge in [-0.1, -0.05) is 12.1 Å². The van der Waals surface area contributed by atoms with E-state index >= 15 is 0 Å². The Hall–Kier alpha value is -1.49. The SMILES string of the molecule is CCn1nc(C)c(Br)c1CN1CCCOc2ccccc21. The molecule has 0 saturated carbocycles. The van der Waals surface area contributed by atoms with Gasteiger partial charge < -0.3 is 9.64 Å². The Morgan fingerprint density at radius 2 is 2.14 bits per heavy atom. The smallest absolute Gasteiger partial charge is 0.142 e. The lowest BCUT2D eigenvalue weighted by Crippen LogP contribution is -2.25. The number of fused-ring (bicyclic) bond motifs is 1. The number of aryl methyl sites for hydroxylation is 2. The highest BCUT2D eigenvalue weighted by Gasteiger charge is 2.20. The van der Waals surface area contributed by atoms with Crippen molar-refractivity contribution in [2.45, 2.75) is 33.4 Å². The molecule has 2 heterocycles. The lowest BCUT2D eigenvalue weighted by Gasteiger charge is -2.24. The Balaban J connectivity index is 1.95. The number of anilines is 1. The molecule has 1 aliphatic rings. The summed E-state index contributed by atoms with van der Waals surface area (Å²) in [5, 5.41) is 4.59. The largest absolute Gasteiger partial charge is 0.491 e. The molecule has 0 saturated heterocycles. The first kappa shape index (κ1) is 14.4. The van der Waals surface area contributed by atoms with E-state index in [0.717, 1.165) is 48.6 Å². The third-order valence-electron chi connectivity index (χ3n) is 3.83. The summed E-state index contributed by atoms with van der Waals surface area (Å²) in [6, 6.07) is 8.27. The van der Waals surface area contributed by atoms with Crippen molar-refractivity contribution in [1.82, 2.24) is 9.78 Å². The fourth-order valence-electron chi connectivity index (χ4n) is 2.76. The summed E-state index contributed by atoms with van der Waals surface area (Å²) in [6.07, 6.45) is 1.03. The fourth-order valence-corrected chi connectivity index (χ4v) is 3.17. The van der Waals surface area contributed by atoms with Crippen molar-refractivity contribution in [2.75, 3.05) is 18.1 Å². The molecule has 0 N–H and O–H groups in total. The Bertz CT molecular complexity index is 638. The Morgan fingerprint density at radius 3 is 2.95 bits per heavy atom. The van der Waals surface area contributed by atoms with Crippen molar-refractivity contribution in [1.29, 1.82) is 0 Å². The summed E-state index contributed by atoms with van der Waals surface area (Å²) in [5.41, 5.74) is 3.45. The van der Waals surface area contributed by atoms with Gasteiger partial charge in [-0.25, -0.2) is 0 Å². The zero-order chi connectivity index (χ0) is 14.8. The summed E-state index contributed by atoms with van der Waals surface area (Å²) in [4.78, 5) is 2.38. The molecule has 2 aromatic rings. The third kappa shape index (κ3) is 2.79. The minimum Gasteiger partial charge on any atom is -0.491 e. The molecule has 0 aliphatic carbocycles. The Labute approximate surface area is 133 Å². The van der Waals surface area contributed by atoms with E-state index in [0.29, 0.717) is 0 Å². The second-order valence-electron chi connectivity index (χ2n) is 5.25. The van der Waals surface area contributed by atoms with Crippen LogP contribution in [0.25, 0.3) is 0 Å². The molecule has 5 heteroatoms. The maximum absolute atomic E-state index is 5.83. The number of para-hydroxylation sites is 2. The summed E-state index contributed by atoms with van der Waals surface area (Å²) in [5.74, 6) is 0.977. The maximum Gasteiger partial charge on any atom is 0.142 e. The molecule has 4 nitrogen and oxygen atoms in total. The van der Waals surface area contributed by atoms with E-state index < -0.39 is 0 Å². The molecule has 0 atom stereocenters. The minimum atomic E-state index is 0.779. The van der Waals surface area contributed by atoms with E-state index in [-0.39, 0.29) is 0 Å². The first-order valence-electron chi connectivity index (χ1n) is 7.39. The molecule has 112 valence electrons. The fraction of sp³-hybridized carbons (Fsp3) is 0.438. The van der Waals surface area contributed by atoms with Gasteiger partial charge in [-0.3, -0.25) is 4.68 Å². The molecule has 0 fully saturated rings. The number of nitrogens with zero attached hydrogens (tertiary/aromatic N) is 3. The highest BCUT2D eigenvalue weighted by atomic mass is 79.9. The molecule has 1 aliphatic heterocycles. The molecule has 1 aromatic carbocycles. The first-order chi connectivity index (χ1) is 10.2. The van der Waals surface area contributed by atoms with Crippen molar-refractivity contribution in [3.63, 3.8) is 0 Å². The van der Waals surface area contributed by atoms with Gasteiger partial charge in [0.25, 0.3) is 0 Å². The van der Waals surface area contributed by atoms with Gasteiger partial charge >= 0.3 is 0 Å². The number of benzene rings is 1. The molecule has 1 aromatic heterocycles. The molecule has 3 rings (SSSR count). The van der Waals surface area contributed by atoms with Gasteiger partial charge in [0, 0.05) is 13.1 Å². The third-order valence-corrected chi connectivity index (χ3v) is 4.86. The number of hydrogen-bond acceptors (Lipinski definition) is 3. The lowest BCUT2D eigenvalue weighted by atomic mass is 10.2. The summed E-state index contributed by atoms with van der Waals surface area (Å²) < 4.78 is 9.03. The number of aromatic nitrogens is 2. The molecule has 0 amide bonds. The van der Waals surface area contributed by atoms with Crippen LogP contribution in [0.4, 0.5) is 5.69 Å². The van der Waals surface area contributed by atoms with Crippen LogP contribution >= 0.6 is 15.9 Å². The second kappa shape index (κ2) is 6.10. The van der Waals surface area contributed by atoms with Crippen LogP contribution in [-0.4, -0.2) is 22.9 Å². The van der Waals surface area contributed by atoms with E-state index in [2.05, 4.69) is 49.7 Å². The monoisotopic (exact) mass is 349 g/mol. The average molecular weight is 350 g/mol. The van der Waals surface area contributed by atoms with Crippen LogP contribution in [0.1, 0.15) is 24.7 Å². The maximum atomic E-state index is 5.83. The van der Waals surface area contributed by atoms with Crippen molar-refractivity contribution < 1.29 is 4.74 Å². The number of ether oxygens (including phenoxy) is 1. The highest BCUT2D eigenvalue weighted by Crippen LogP contribution is 2.33. The van der Waals surface area contributed by atoms with Crippen LogP contribution in [0.3, 0.4) is 0 Å². The lowest BCUT2D eigenvalue weighted by molar-refractivity contribution is 0.322. The van der Waals surface area contributed by atoms with E-state index in [9.17, 15) is 0 Å². The van der Waals surface area contributed by atoms with Crippen molar-refractivity contribution in [3.8, 4) is 5.75 Å². The van der Waals surface area contributed by atoms with E-state index in [4.69, 9.17) is 4.74 Å². The topological polar surface area (TPSA) is 30.3 Å². The first-order valence-corrected chi connectivity index (χ1v) is 8.18. The predicted octanol–water partition coefficient (Wildman–Crippen LogP) is 3.76. The van der Waals surface area contributed by atoms with Gasteiger partial charge in [0.15, 0.2) is 0 Å². The summed E-state index contributed by atoms with van der Waals surface area (Å²) >= 11 is 3.69. The Kier molecular flexibility index (Phi) is 4.19. The van der Waals surface area contributed by atoms with Crippen LogP contribution in [0.15, 0.2) is 28.7 Å². The molecule has 21 heavy (non-hydrogen) atoms. The van der Waals surface area contributed by atoms with Crippen LogP contribution in [0, 0.1) is 6.92 Å². The molecule has 0 spiro atoms. The molecule has 0 radical (unpaired) electrons. The van der Waals surface area contributed by atoms with Gasteiger partial charge in [-0.05, 0) is 48.3 Å². The van der Waals surface area contributed by atoms with Crippen LogP contribution in [0.5, 0.6) is 5.75 Å². The van der Waals surface area contributed by atoms with Gasteiger partial charge in [0.1, 0.15) is 5.75 Å². The minimum absolute atomic E-state index is 0.779. The van der Waals surface area contributed by atoms with Crippen molar-refractivity contribution in [3.05, 3.63) is 40.1 Å². The van der Waals surface area contributed by atoms with E-state index in [1.54, 1.807) is 0 Å². The molecule has 0 bridgehead atoms. The zero-order valence-electron chi connectivity index (χ0n) is 12.5. The molecule has 0 unspecified atom stereocenters. The van der Waals surface area contributed by atoms with E-state index in [1.165, 1.54) is 11.4 Å². The van der Waals surface area contributed by atoms with E-state index in [1.807, 2.05) is 19.1 Å². The standard InChI is InChI=1S/C16H20BrN3O/c1-3-20-14(16(17)12(2)18-20)11-19-9-6-10-21-15-8-5-4-7-13(15)19/h4-5,7-8H,3,6,9-11H2,1-2H3. The highest BCUT2D eigenvalue weighted by molar-refractivity contribution is 9.10. The van der Waals surface area contributed by atoms with Gasteiger partial charge in [0.05, 0.1) is 34.7 Å². The molecular formula is C16H20BrN3O. The Morgan fingerprint density at radius 1 is 1.33 bits per heavy atom. The number of halogens is 1. The number of hydrogen-bond donors (Lipinski definition) is 0. The van der Waals surface area contributed by atoms with Crippen LogP contribution in [0.2, 0.25) is 0 Å². The average Bonchev–Trinajstić information content (AvgIpc) is 2.67. The quantitative estimate of drug-likeness (QED) is 0.844. The van der Waals surface area contributed by atoms with Gasteiger partial charge in [-0.15, -0.1) is 0 Å². The normalized spacial score (nSPS) is 14.5. The molecular weight excluding hydrogens is 330 g/mol. The zero-order valence-corrected chi connectivity index (χ0v) is 14.1. The predicted molar refractivity (Wildman–Crippen MR) is 87.9 cm³/mol.